The van der Waals surface area contributed by atoms with Gasteiger partial charge in [0.15, 0.2) is 0 Å². The molecule has 2 saturated heterocycles. The minimum atomic E-state index is -1.94. The molecule has 14 nitrogen and oxygen atoms in total. The smallest absolute Gasteiger partial charge is 0.250 e. The summed E-state index contributed by atoms with van der Waals surface area (Å²) in [6.07, 6.45) is -10.6. The van der Waals surface area contributed by atoms with E-state index in [9.17, 15) is 46.0 Å². The molecular formula is C46H60Cl2O14Si. The van der Waals surface area contributed by atoms with E-state index in [0.29, 0.717) is 39.6 Å². The largest absolute Gasteiger partial charge is 0.544 e. The van der Waals surface area contributed by atoms with Gasteiger partial charge < -0.3 is 69.3 Å². The molecule has 63 heavy (non-hydrogen) atoms. The normalized spacial score (nSPS) is 28.8. The van der Waals surface area contributed by atoms with Gasteiger partial charge in [-0.05, 0) is 102 Å². The van der Waals surface area contributed by atoms with Crippen molar-refractivity contribution in [2.75, 3.05) is 27.4 Å². The van der Waals surface area contributed by atoms with Gasteiger partial charge in [-0.3, -0.25) is 0 Å². The first-order chi connectivity index (χ1) is 29.6. The average Bonchev–Trinajstić information content (AvgIpc) is 3.25. The molecule has 2 unspecified atom stereocenters. The summed E-state index contributed by atoms with van der Waals surface area (Å²) in [4.78, 5) is 0. The van der Waals surface area contributed by atoms with Crippen molar-refractivity contribution in [1.29, 1.82) is 0 Å². The Morgan fingerprint density at radius 3 is 1.33 bits per heavy atom. The quantitative estimate of drug-likeness (QED) is 0.0893. The Morgan fingerprint density at radius 1 is 0.603 bits per heavy atom. The Labute approximate surface area is 378 Å². The summed E-state index contributed by atoms with van der Waals surface area (Å²) in [7, 11) is 0.693. The molecule has 0 aliphatic carbocycles. The Balaban J connectivity index is 0.000000243. The summed E-state index contributed by atoms with van der Waals surface area (Å²) >= 11 is 12.8. The predicted octanol–water partition coefficient (Wildman–Crippen LogP) is 4.50. The van der Waals surface area contributed by atoms with E-state index < -0.39 is 81.9 Å². The second-order valence-electron chi connectivity index (χ2n) is 17.4. The van der Waals surface area contributed by atoms with E-state index in [0.717, 1.165) is 22.4 Å². The summed E-state index contributed by atoms with van der Waals surface area (Å²) in [6.45, 7) is 9.89. The van der Waals surface area contributed by atoms with Gasteiger partial charge in [-0.1, -0.05) is 80.4 Å². The highest BCUT2D eigenvalue weighted by molar-refractivity contribution is 6.74. The molecule has 0 amide bonds. The van der Waals surface area contributed by atoms with Crippen LogP contribution in [0.5, 0.6) is 11.5 Å². The zero-order chi connectivity index (χ0) is 46.7. The van der Waals surface area contributed by atoms with Crippen molar-refractivity contribution in [2.24, 2.45) is 0 Å². The SMILES string of the molecule is COC1(c2ccc(Cl)c(Cc3ccc(O)cc3)c2)O[C@H](CO)[C@@H](O)[C@H](O)[C@H]1O.COC1(c2ccc(Cl)c(Cc3ccc(O[Si](C)(C)C(C)(C)C)cc3)c2)O[C@H](CO)[C@@H](O)[C@H](O)[C@H]1O. The fourth-order valence-corrected chi connectivity index (χ4v) is 8.76. The van der Waals surface area contributed by atoms with E-state index in [2.05, 4.69) is 33.9 Å². The summed E-state index contributed by atoms with van der Waals surface area (Å²) in [5.74, 6) is -2.59. The number of rotatable bonds is 12. The topological polar surface area (TPSA) is 228 Å². The molecular weight excluding hydrogens is 875 g/mol. The van der Waals surface area contributed by atoms with Crippen LogP contribution >= 0.6 is 23.2 Å². The van der Waals surface area contributed by atoms with Crippen LogP contribution in [-0.4, -0.2) is 131 Å². The van der Waals surface area contributed by atoms with Gasteiger partial charge in [0.1, 0.15) is 60.3 Å². The third-order valence-electron chi connectivity index (χ3n) is 12.2. The van der Waals surface area contributed by atoms with E-state index in [1.807, 2.05) is 24.3 Å². The Morgan fingerprint density at radius 2 is 0.984 bits per heavy atom. The molecule has 6 rings (SSSR count). The number of hydrogen-bond donors (Lipinski definition) is 9. The monoisotopic (exact) mass is 934 g/mol. The maximum atomic E-state index is 10.8. The van der Waals surface area contributed by atoms with Gasteiger partial charge in [0.25, 0.3) is 0 Å². The zero-order valence-electron chi connectivity index (χ0n) is 36.4. The van der Waals surface area contributed by atoms with Crippen molar-refractivity contribution in [3.63, 3.8) is 0 Å². The Hall–Kier alpha value is -3.20. The minimum Gasteiger partial charge on any atom is -0.544 e. The lowest BCUT2D eigenvalue weighted by Crippen LogP contribution is -2.64. The molecule has 2 aliphatic rings. The fourth-order valence-electron chi connectivity index (χ4n) is 7.36. The minimum absolute atomic E-state index is 0.0986. The molecule has 0 radical (unpaired) electrons. The van der Waals surface area contributed by atoms with Crippen LogP contribution in [0.4, 0.5) is 0 Å². The summed E-state index contributed by atoms with van der Waals surface area (Å²) in [6, 6.07) is 24.5. The van der Waals surface area contributed by atoms with Gasteiger partial charge in [0, 0.05) is 35.4 Å². The first-order valence-corrected chi connectivity index (χ1v) is 24.1. The van der Waals surface area contributed by atoms with Crippen molar-refractivity contribution in [3.05, 3.63) is 128 Å². The molecule has 0 spiro atoms. The second kappa shape index (κ2) is 20.5. The third kappa shape index (κ3) is 10.8. The molecule has 10 atom stereocenters. The average molecular weight is 936 g/mol. The molecule has 2 aliphatic heterocycles. The second-order valence-corrected chi connectivity index (χ2v) is 23.0. The van der Waals surface area contributed by atoms with Crippen molar-refractivity contribution in [2.45, 2.75) is 112 Å². The van der Waals surface area contributed by atoms with E-state index in [1.165, 1.54) is 14.2 Å². The lowest BCUT2D eigenvalue weighted by molar-refractivity contribution is -0.366. The standard InChI is InChI=1S/C26H37ClO7Si.C20H23ClO7/c1-25(2,3)35(5,6)34-19-10-7-16(8-11-19)13-17-14-18(9-12-20(17)27)26(32-4)24(31)23(30)22(29)21(15-28)33-26;1-27-20(19(26)18(25)17(24)16(10-22)28-20)13-4-7-15(21)12(9-13)8-11-2-5-14(23)6-3-11/h7-12,14,21-24,28-31H,13,15H2,1-6H3;2-7,9,16-19,22-26H,8,10H2,1H3/t21-,22-,23+,24-,26?;16-,17-,18+,19-,20?/m11/s1. The summed E-state index contributed by atoms with van der Waals surface area (Å²) in [5.41, 5.74) is 4.16. The van der Waals surface area contributed by atoms with Crippen LogP contribution in [-0.2, 0) is 43.4 Å². The maximum Gasteiger partial charge on any atom is 0.250 e. The third-order valence-corrected chi connectivity index (χ3v) is 17.3. The van der Waals surface area contributed by atoms with Crippen LogP contribution in [0.25, 0.3) is 0 Å². The van der Waals surface area contributed by atoms with E-state index in [4.69, 9.17) is 46.6 Å². The van der Waals surface area contributed by atoms with Gasteiger partial charge in [0.05, 0.1) is 13.2 Å². The van der Waals surface area contributed by atoms with Gasteiger partial charge in [-0.2, -0.15) is 0 Å². The number of ether oxygens (including phenoxy) is 4. The van der Waals surface area contributed by atoms with E-state index in [-0.39, 0.29) is 10.8 Å². The van der Waals surface area contributed by atoms with Crippen LogP contribution in [0.2, 0.25) is 28.2 Å². The van der Waals surface area contributed by atoms with Crippen LogP contribution in [0.15, 0.2) is 84.9 Å². The summed E-state index contributed by atoms with van der Waals surface area (Å²) < 4.78 is 28.9. The first-order valence-electron chi connectivity index (χ1n) is 20.5. The van der Waals surface area contributed by atoms with Crippen molar-refractivity contribution in [3.8, 4) is 11.5 Å². The van der Waals surface area contributed by atoms with Crippen molar-refractivity contribution < 1.29 is 69.3 Å². The number of aromatic hydroxyl groups is 1. The number of methoxy groups -OCH3 is 2. The van der Waals surface area contributed by atoms with Crippen molar-refractivity contribution in [1.82, 2.24) is 0 Å². The lowest BCUT2D eigenvalue weighted by atomic mass is 9.87. The van der Waals surface area contributed by atoms with E-state index >= 15 is 0 Å². The number of phenolic OH excluding ortho intramolecular Hbond substituents is 1. The molecule has 17 heteroatoms. The Kier molecular flexibility index (Phi) is 16.6. The molecule has 4 aromatic carbocycles. The fraction of sp³-hybridized carbons (Fsp3) is 0.478. The van der Waals surface area contributed by atoms with E-state index in [1.54, 1.807) is 60.7 Å². The van der Waals surface area contributed by atoms with Crippen LogP contribution in [0.1, 0.15) is 54.2 Å². The van der Waals surface area contributed by atoms with Crippen LogP contribution < -0.4 is 4.43 Å². The van der Waals surface area contributed by atoms with Crippen molar-refractivity contribution >= 4 is 31.5 Å². The molecule has 2 fully saturated rings. The highest BCUT2D eigenvalue weighted by Crippen LogP contribution is 2.43. The number of aliphatic hydroxyl groups excluding tert-OH is 8. The number of aliphatic hydroxyl groups is 8. The van der Waals surface area contributed by atoms with Crippen LogP contribution in [0.3, 0.4) is 0 Å². The number of halogens is 2. The number of phenols is 1. The molecule has 0 saturated carbocycles. The van der Waals surface area contributed by atoms with Gasteiger partial charge in [0.2, 0.25) is 19.9 Å². The highest BCUT2D eigenvalue weighted by Gasteiger charge is 2.56. The number of hydrogen-bond acceptors (Lipinski definition) is 14. The van der Waals surface area contributed by atoms with Crippen LogP contribution in [0, 0.1) is 0 Å². The first kappa shape index (κ1) is 50.8. The van der Waals surface area contributed by atoms with Gasteiger partial charge in [-0.15, -0.1) is 0 Å². The predicted molar refractivity (Wildman–Crippen MR) is 238 cm³/mol. The molecule has 2 heterocycles. The Bertz CT molecular complexity index is 2120. The summed E-state index contributed by atoms with van der Waals surface area (Å²) in [5, 5.41) is 91.8. The highest BCUT2D eigenvalue weighted by atomic mass is 35.5. The van der Waals surface area contributed by atoms with Gasteiger partial charge in [-0.25, -0.2) is 0 Å². The lowest BCUT2D eigenvalue weighted by Gasteiger charge is -2.47. The number of benzene rings is 4. The van der Waals surface area contributed by atoms with Gasteiger partial charge >= 0.3 is 0 Å². The zero-order valence-corrected chi connectivity index (χ0v) is 38.9. The molecule has 0 bridgehead atoms. The molecule has 4 aromatic rings. The maximum absolute atomic E-state index is 10.8. The molecule has 0 aromatic heterocycles. The molecule has 346 valence electrons. The molecule has 9 N–H and O–H groups in total.